The Morgan fingerprint density at radius 1 is 1.29 bits per heavy atom. The molecule has 0 aromatic rings. The second kappa shape index (κ2) is 9.38. The van der Waals surface area contributed by atoms with Gasteiger partial charge in [-0.3, -0.25) is 4.79 Å². The second-order valence-corrected chi connectivity index (χ2v) is 6.58. The number of nitrogens with one attached hydrogen (secondary N) is 2. The van der Waals surface area contributed by atoms with Gasteiger partial charge < -0.3 is 20.5 Å². The first-order chi connectivity index (χ1) is 9.90. The molecule has 4 atom stereocenters. The van der Waals surface area contributed by atoms with Crippen molar-refractivity contribution in [2.75, 3.05) is 13.2 Å². The Kier molecular flexibility index (Phi) is 8.22. The molecule has 0 saturated heterocycles. The van der Waals surface area contributed by atoms with E-state index in [0.29, 0.717) is 19.1 Å². The zero-order valence-corrected chi connectivity index (χ0v) is 13.9. The highest BCUT2D eigenvalue weighted by Crippen LogP contribution is 2.26. The SMILES string of the molecule is CC(C)NC(=O)C(C)NCC(O)COC1CCCCC1C. The quantitative estimate of drug-likeness (QED) is 0.634. The minimum absolute atomic E-state index is 0.0426. The molecule has 1 fully saturated rings. The van der Waals surface area contributed by atoms with Gasteiger partial charge in [0.25, 0.3) is 0 Å². The van der Waals surface area contributed by atoms with Crippen molar-refractivity contribution in [2.45, 2.75) is 77.7 Å². The third-order valence-corrected chi connectivity index (χ3v) is 4.02. The van der Waals surface area contributed by atoms with Gasteiger partial charge in [-0.2, -0.15) is 0 Å². The first-order valence-corrected chi connectivity index (χ1v) is 8.23. The van der Waals surface area contributed by atoms with Crippen molar-refractivity contribution in [1.82, 2.24) is 10.6 Å². The van der Waals surface area contributed by atoms with Crippen molar-refractivity contribution >= 4 is 5.91 Å². The summed E-state index contributed by atoms with van der Waals surface area (Å²) in [4.78, 5) is 11.7. The van der Waals surface area contributed by atoms with Crippen LogP contribution in [-0.4, -0.2) is 48.5 Å². The van der Waals surface area contributed by atoms with Gasteiger partial charge in [-0.25, -0.2) is 0 Å². The summed E-state index contributed by atoms with van der Waals surface area (Å²) < 4.78 is 5.82. The zero-order chi connectivity index (χ0) is 15.8. The minimum Gasteiger partial charge on any atom is -0.389 e. The van der Waals surface area contributed by atoms with Gasteiger partial charge in [0.15, 0.2) is 0 Å². The number of aliphatic hydroxyl groups excluding tert-OH is 1. The Bertz CT molecular complexity index is 310. The Morgan fingerprint density at radius 2 is 1.95 bits per heavy atom. The maximum Gasteiger partial charge on any atom is 0.237 e. The molecule has 5 heteroatoms. The van der Waals surface area contributed by atoms with Crippen LogP contribution in [0.25, 0.3) is 0 Å². The summed E-state index contributed by atoms with van der Waals surface area (Å²) in [6, 6.07) is -0.182. The first kappa shape index (κ1) is 18.4. The van der Waals surface area contributed by atoms with E-state index >= 15 is 0 Å². The zero-order valence-electron chi connectivity index (χ0n) is 13.9. The molecule has 1 rings (SSSR count). The van der Waals surface area contributed by atoms with Crippen LogP contribution in [0.3, 0.4) is 0 Å². The maximum absolute atomic E-state index is 11.7. The van der Waals surface area contributed by atoms with E-state index in [9.17, 15) is 9.90 Å². The molecule has 0 aromatic heterocycles. The molecule has 0 radical (unpaired) electrons. The van der Waals surface area contributed by atoms with Crippen molar-refractivity contribution in [3.05, 3.63) is 0 Å². The summed E-state index contributed by atoms with van der Waals surface area (Å²) in [5.41, 5.74) is 0. The fourth-order valence-electron chi connectivity index (χ4n) is 2.64. The molecular weight excluding hydrogens is 268 g/mol. The molecule has 4 unspecified atom stereocenters. The molecule has 21 heavy (non-hydrogen) atoms. The number of hydrogen-bond acceptors (Lipinski definition) is 4. The number of ether oxygens (including phenoxy) is 1. The predicted molar refractivity (Wildman–Crippen MR) is 84.1 cm³/mol. The van der Waals surface area contributed by atoms with Crippen LogP contribution >= 0.6 is 0 Å². The summed E-state index contributed by atoms with van der Waals surface area (Å²) in [6.45, 7) is 8.58. The number of carbonyl (C=O) groups excluding carboxylic acids is 1. The van der Waals surface area contributed by atoms with E-state index in [4.69, 9.17) is 4.74 Å². The van der Waals surface area contributed by atoms with E-state index in [1.807, 2.05) is 13.8 Å². The summed E-state index contributed by atoms with van der Waals surface area (Å²) in [6.07, 6.45) is 4.51. The van der Waals surface area contributed by atoms with Crippen LogP contribution in [-0.2, 0) is 9.53 Å². The number of rotatable bonds is 8. The average Bonchev–Trinajstić information content (AvgIpc) is 2.43. The van der Waals surface area contributed by atoms with Crippen LogP contribution in [0.4, 0.5) is 0 Å². The van der Waals surface area contributed by atoms with Crippen molar-refractivity contribution in [3.8, 4) is 0 Å². The lowest BCUT2D eigenvalue weighted by Gasteiger charge is -2.29. The maximum atomic E-state index is 11.7. The Balaban J connectivity index is 2.18. The number of amides is 1. The van der Waals surface area contributed by atoms with Crippen molar-refractivity contribution < 1.29 is 14.6 Å². The third-order valence-electron chi connectivity index (χ3n) is 4.02. The molecule has 0 heterocycles. The molecular formula is C16H32N2O3. The summed E-state index contributed by atoms with van der Waals surface area (Å²) >= 11 is 0. The van der Waals surface area contributed by atoms with E-state index in [2.05, 4.69) is 17.6 Å². The lowest BCUT2D eigenvalue weighted by Crippen LogP contribution is -2.47. The van der Waals surface area contributed by atoms with E-state index in [0.717, 1.165) is 6.42 Å². The highest BCUT2D eigenvalue weighted by atomic mass is 16.5. The molecule has 3 N–H and O–H groups in total. The Hall–Kier alpha value is -0.650. The Morgan fingerprint density at radius 3 is 2.57 bits per heavy atom. The number of hydrogen-bond donors (Lipinski definition) is 3. The van der Waals surface area contributed by atoms with Gasteiger partial charge in [0.1, 0.15) is 0 Å². The molecule has 0 bridgehead atoms. The monoisotopic (exact) mass is 300 g/mol. The first-order valence-electron chi connectivity index (χ1n) is 8.23. The number of aliphatic hydroxyl groups is 1. The molecule has 5 nitrogen and oxygen atoms in total. The predicted octanol–water partition coefficient (Wildman–Crippen LogP) is 1.45. The fraction of sp³-hybridized carbons (Fsp3) is 0.938. The summed E-state index contributed by atoms with van der Waals surface area (Å²) in [5, 5.41) is 15.8. The third kappa shape index (κ3) is 7.25. The van der Waals surface area contributed by atoms with Gasteiger partial charge in [0.05, 0.1) is 24.9 Å². The van der Waals surface area contributed by atoms with Crippen molar-refractivity contribution in [1.29, 1.82) is 0 Å². The fourth-order valence-corrected chi connectivity index (χ4v) is 2.64. The van der Waals surface area contributed by atoms with Gasteiger partial charge in [-0.15, -0.1) is 0 Å². The molecule has 1 saturated carbocycles. The lowest BCUT2D eigenvalue weighted by molar-refractivity contribution is -0.123. The molecule has 0 aromatic carbocycles. The standard InChI is InChI=1S/C16H32N2O3/c1-11(2)18-16(20)13(4)17-9-14(19)10-21-15-8-6-5-7-12(15)3/h11-15,17,19H,5-10H2,1-4H3,(H,18,20). The van der Waals surface area contributed by atoms with E-state index in [-0.39, 0.29) is 24.1 Å². The largest absolute Gasteiger partial charge is 0.389 e. The molecule has 1 aliphatic carbocycles. The van der Waals surface area contributed by atoms with Gasteiger partial charge >= 0.3 is 0 Å². The molecule has 1 aliphatic rings. The van der Waals surface area contributed by atoms with Crippen LogP contribution < -0.4 is 10.6 Å². The van der Waals surface area contributed by atoms with Gasteiger partial charge in [-0.1, -0.05) is 19.8 Å². The molecule has 0 spiro atoms. The van der Waals surface area contributed by atoms with Crippen LogP contribution in [0.5, 0.6) is 0 Å². The lowest BCUT2D eigenvalue weighted by atomic mass is 9.88. The average molecular weight is 300 g/mol. The summed E-state index contributed by atoms with van der Waals surface area (Å²) in [7, 11) is 0. The molecule has 124 valence electrons. The summed E-state index contributed by atoms with van der Waals surface area (Å²) in [5.74, 6) is 0.536. The van der Waals surface area contributed by atoms with Gasteiger partial charge in [-0.05, 0) is 39.5 Å². The van der Waals surface area contributed by atoms with Gasteiger partial charge in [0, 0.05) is 12.6 Å². The van der Waals surface area contributed by atoms with E-state index < -0.39 is 6.10 Å². The van der Waals surface area contributed by atoms with Crippen molar-refractivity contribution in [2.24, 2.45) is 5.92 Å². The highest BCUT2D eigenvalue weighted by molar-refractivity contribution is 5.81. The molecule has 0 aliphatic heterocycles. The van der Waals surface area contributed by atoms with Crippen LogP contribution in [0.2, 0.25) is 0 Å². The van der Waals surface area contributed by atoms with Crippen LogP contribution in [0.15, 0.2) is 0 Å². The Labute approximate surface area is 128 Å². The van der Waals surface area contributed by atoms with E-state index in [1.165, 1.54) is 19.3 Å². The highest BCUT2D eigenvalue weighted by Gasteiger charge is 2.23. The van der Waals surface area contributed by atoms with Gasteiger partial charge in [0.2, 0.25) is 5.91 Å². The smallest absolute Gasteiger partial charge is 0.237 e. The second-order valence-electron chi connectivity index (χ2n) is 6.58. The van der Waals surface area contributed by atoms with Crippen molar-refractivity contribution in [3.63, 3.8) is 0 Å². The molecule has 1 amide bonds. The normalized spacial score (nSPS) is 25.6. The van der Waals surface area contributed by atoms with Crippen LogP contribution in [0, 0.1) is 5.92 Å². The number of carbonyl (C=O) groups is 1. The van der Waals surface area contributed by atoms with Crippen LogP contribution in [0.1, 0.15) is 53.4 Å². The van der Waals surface area contributed by atoms with E-state index in [1.54, 1.807) is 6.92 Å². The minimum atomic E-state index is -0.576. The topological polar surface area (TPSA) is 70.6 Å².